The Hall–Kier alpha value is -3.72. The summed E-state index contributed by atoms with van der Waals surface area (Å²) in [5.74, 6) is 0.857. The number of nitrogens with zero attached hydrogens (tertiary/aromatic N) is 2. The Bertz CT molecular complexity index is 1370. The lowest BCUT2D eigenvalue weighted by molar-refractivity contribution is 0.590. The van der Waals surface area contributed by atoms with E-state index in [0.29, 0.717) is 0 Å². The fourth-order valence-electron chi connectivity index (χ4n) is 4.03. The van der Waals surface area contributed by atoms with Crippen LogP contribution in [0.15, 0.2) is 91.4 Å². The number of hydrogen-bond acceptors (Lipinski definition) is 3. The van der Waals surface area contributed by atoms with Gasteiger partial charge in [-0.1, -0.05) is 81.4 Å². The number of rotatable bonds is 3. The average Bonchev–Trinajstić information content (AvgIpc) is 2.79. The summed E-state index contributed by atoms with van der Waals surface area (Å²) in [4.78, 5) is 9.29. The zero-order chi connectivity index (χ0) is 21.4. The lowest BCUT2D eigenvalue weighted by Gasteiger charge is -2.19. The van der Waals surface area contributed by atoms with Crippen molar-refractivity contribution >= 4 is 33.1 Å². The Morgan fingerprint density at radius 3 is 2.03 bits per heavy atom. The summed E-state index contributed by atoms with van der Waals surface area (Å²) < 4.78 is 0. The molecule has 0 fully saturated rings. The highest BCUT2D eigenvalue weighted by molar-refractivity contribution is 6.07. The van der Waals surface area contributed by atoms with Crippen LogP contribution in [0, 0.1) is 0 Å². The molecule has 152 valence electrons. The van der Waals surface area contributed by atoms with Crippen molar-refractivity contribution in [1.82, 2.24) is 9.97 Å². The molecule has 0 saturated heterocycles. The minimum Gasteiger partial charge on any atom is -0.340 e. The second-order valence-corrected chi connectivity index (χ2v) is 8.93. The number of pyridine rings is 2. The summed E-state index contributed by atoms with van der Waals surface area (Å²) in [6.07, 6.45) is 5.80. The topological polar surface area (TPSA) is 37.8 Å². The first-order valence-corrected chi connectivity index (χ1v) is 10.6. The van der Waals surface area contributed by atoms with E-state index in [1.807, 2.05) is 24.7 Å². The van der Waals surface area contributed by atoms with E-state index < -0.39 is 0 Å². The Morgan fingerprint density at radius 2 is 1.29 bits per heavy atom. The van der Waals surface area contributed by atoms with Crippen molar-refractivity contribution in [2.45, 2.75) is 26.2 Å². The van der Waals surface area contributed by atoms with E-state index in [-0.39, 0.29) is 5.41 Å². The molecule has 0 spiro atoms. The molecule has 0 atom stereocenters. The van der Waals surface area contributed by atoms with Crippen LogP contribution in [0.1, 0.15) is 26.3 Å². The van der Waals surface area contributed by atoms with Crippen LogP contribution >= 0.6 is 0 Å². The molecule has 2 heterocycles. The van der Waals surface area contributed by atoms with Crippen LogP contribution in [-0.4, -0.2) is 9.97 Å². The number of aromatic nitrogens is 2. The number of nitrogens with one attached hydrogen (secondary N) is 1. The molecule has 0 aliphatic carbocycles. The molecule has 0 bridgehead atoms. The molecular weight excluding hydrogens is 378 g/mol. The van der Waals surface area contributed by atoms with Crippen LogP contribution in [-0.2, 0) is 5.41 Å². The monoisotopic (exact) mass is 403 g/mol. The van der Waals surface area contributed by atoms with Gasteiger partial charge in [0, 0.05) is 46.2 Å². The van der Waals surface area contributed by atoms with E-state index in [0.717, 1.165) is 38.8 Å². The lowest BCUT2D eigenvalue weighted by atomic mass is 9.87. The predicted molar refractivity (Wildman–Crippen MR) is 131 cm³/mol. The van der Waals surface area contributed by atoms with Crippen LogP contribution in [0.2, 0.25) is 0 Å². The van der Waals surface area contributed by atoms with Crippen LogP contribution in [0.4, 0.5) is 11.5 Å². The van der Waals surface area contributed by atoms with Crippen molar-refractivity contribution in [1.29, 1.82) is 0 Å². The number of anilines is 2. The largest absolute Gasteiger partial charge is 0.340 e. The molecule has 3 nitrogen and oxygen atoms in total. The normalized spacial score (nSPS) is 11.7. The lowest BCUT2D eigenvalue weighted by Crippen LogP contribution is -2.10. The van der Waals surface area contributed by atoms with E-state index in [1.165, 1.54) is 10.9 Å². The van der Waals surface area contributed by atoms with Crippen molar-refractivity contribution in [3.05, 3.63) is 97.0 Å². The quantitative estimate of drug-likeness (QED) is 0.339. The minimum atomic E-state index is 0.137. The summed E-state index contributed by atoms with van der Waals surface area (Å²) in [6.45, 7) is 6.68. The van der Waals surface area contributed by atoms with Gasteiger partial charge in [0.25, 0.3) is 0 Å². The number of benzene rings is 3. The Balaban J connectivity index is 1.60. The zero-order valence-electron chi connectivity index (χ0n) is 18.1. The maximum Gasteiger partial charge on any atom is 0.138 e. The van der Waals surface area contributed by atoms with Crippen LogP contribution in [0.25, 0.3) is 32.7 Å². The number of hydrogen-bond donors (Lipinski definition) is 1. The summed E-state index contributed by atoms with van der Waals surface area (Å²) in [6, 6.07) is 25.4. The maximum atomic E-state index is 4.82. The Labute approximate surface area is 182 Å². The summed E-state index contributed by atoms with van der Waals surface area (Å²) in [7, 11) is 0. The molecule has 2 aromatic heterocycles. The molecule has 3 aromatic carbocycles. The Kier molecular flexibility index (Phi) is 4.67. The number of fused-ring (bicyclic) bond motifs is 2. The van der Waals surface area contributed by atoms with E-state index in [2.05, 4.69) is 97.8 Å². The van der Waals surface area contributed by atoms with Crippen molar-refractivity contribution in [2.24, 2.45) is 0 Å². The summed E-state index contributed by atoms with van der Waals surface area (Å²) >= 11 is 0. The van der Waals surface area contributed by atoms with Gasteiger partial charge >= 0.3 is 0 Å². The molecule has 1 N–H and O–H groups in total. The first-order valence-electron chi connectivity index (χ1n) is 10.6. The molecule has 0 amide bonds. The third-order valence-corrected chi connectivity index (χ3v) is 5.77. The molecule has 0 aliphatic heterocycles. The van der Waals surface area contributed by atoms with Crippen molar-refractivity contribution < 1.29 is 0 Å². The van der Waals surface area contributed by atoms with Crippen LogP contribution in [0.3, 0.4) is 0 Å². The van der Waals surface area contributed by atoms with Gasteiger partial charge in [0.1, 0.15) is 5.82 Å². The molecule has 0 aliphatic rings. The molecule has 31 heavy (non-hydrogen) atoms. The highest BCUT2D eigenvalue weighted by Crippen LogP contribution is 2.36. The van der Waals surface area contributed by atoms with Gasteiger partial charge in [-0.15, -0.1) is 0 Å². The van der Waals surface area contributed by atoms with Gasteiger partial charge in [-0.25, -0.2) is 4.98 Å². The van der Waals surface area contributed by atoms with Gasteiger partial charge in [0.05, 0.1) is 0 Å². The zero-order valence-corrected chi connectivity index (χ0v) is 18.1. The van der Waals surface area contributed by atoms with Gasteiger partial charge < -0.3 is 5.32 Å². The smallest absolute Gasteiger partial charge is 0.138 e. The van der Waals surface area contributed by atoms with Gasteiger partial charge in [-0.05, 0) is 33.9 Å². The van der Waals surface area contributed by atoms with Crippen LogP contribution in [0.5, 0.6) is 0 Å². The highest BCUT2D eigenvalue weighted by atomic mass is 15.0. The predicted octanol–water partition coefficient (Wildman–Crippen LogP) is 7.49. The first-order chi connectivity index (χ1) is 15.0. The highest BCUT2D eigenvalue weighted by Gasteiger charge is 2.14. The van der Waals surface area contributed by atoms with E-state index in [4.69, 9.17) is 4.98 Å². The second-order valence-electron chi connectivity index (χ2n) is 8.93. The van der Waals surface area contributed by atoms with Crippen molar-refractivity contribution in [2.75, 3.05) is 5.32 Å². The minimum absolute atomic E-state index is 0.137. The van der Waals surface area contributed by atoms with Gasteiger partial charge in [0.15, 0.2) is 0 Å². The molecule has 5 aromatic rings. The Morgan fingerprint density at radius 1 is 0.645 bits per heavy atom. The van der Waals surface area contributed by atoms with Gasteiger partial charge in [-0.3, -0.25) is 4.98 Å². The van der Waals surface area contributed by atoms with E-state index in [1.54, 1.807) is 0 Å². The first kappa shape index (κ1) is 19.3. The molecule has 0 saturated carbocycles. The maximum absolute atomic E-state index is 4.82. The summed E-state index contributed by atoms with van der Waals surface area (Å²) in [5, 5.41) is 8.08. The molecular formula is C28H25N3. The fraction of sp³-hybridized carbons (Fsp3) is 0.143. The van der Waals surface area contributed by atoms with Gasteiger partial charge in [-0.2, -0.15) is 0 Å². The van der Waals surface area contributed by atoms with Gasteiger partial charge in [0.2, 0.25) is 0 Å². The third-order valence-electron chi connectivity index (χ3n) is 5.77. The molecule has 0 radical (unpaired) electrons. The van der Waals surface area contributed by atoms with E-state index >= 15 is 0 Å². The molecule has 0 unspecified atom stereocenters. The second kappa shape index (κ2) is 7.51. The van der Waals surface area contributed by atoms with Crippen LogP contribution < -0.4 is 5.32 Å². The molecule has 5 rings (SSSR count). The fourth-order valence-corrected chi connectivity index (χ4v) is 4.03. The average molecular weight is 404 g/mol. The third kappa shape index (κ3) is 3.64. The van der Waals surface area contributed by atoms with E-state index in [9.17, 15) is 0 Å². The molecule has 3 heteroatoms. The SMILES string of the molecule is CC(C)(C)c1ccc(Nc2ncc(-c3cncc4ccccc34)c3ccccc23)cc1. The standard InChI is InChI=1S/C28H25N3/c1-28(2,3)20-12-14-21(15-13-20)31-27-24-11-7-6-10-23(24)26(18-30-27)25-17-29-16-19-8-4-5-9-22(19)25/h4-18H,1-3H3,(H,30,31). The van der Waals surface area contributed by atoms with Crippen molar-refractivity contribution in [3.63, 3.8) is 0 Å². The summed E-state index contributed by atoms with van der Waals surface area (Å²) in [5.41, 5.74) is 4.67. The van der Waals surface area contributed by atoms with Crippen molar-refractivity contribution in [3.8, 4) is 11.1 Å².